The standard InChI is InChI=1S/C13H18ClFN2O2S/c1-2-3-9-4-5-17(8-9)20(18,19)12-7-10(14)6-11(16)13(12)15/h6-7,9H,2-5,8,16H2,1H3. The minimum absolute atomic E-state index is 0.117. The smallest absolute Gasteiger partial charge is 0.246 e. The zero-order valence-electron chi connectivity index (χ0n) is 11.3. The Morgan fingerprint density at radius 1 is 1.50 bits per heavy atom. The van der Waals surface area contributed by atoms with E-state index in [1.807, 2.05) is 0 Å². The van der Waals surface area contributed by atoms with E-state index in [0.717, 1.165) is 25.3 Å². The number of hydrogen-bond donors (Lipinski definition) is 1. The Kier molecular flexibility index (Phi) is 4.56. The van der Waals surface area contributed by atoms with Crippen LogP contribution in [-0.4, -0.2) is 25.8 Å². The average Bonchev–Trinajstić information content (AvgIpc) is 2.83. The Morgan fingerprint density at radius 2 is 2.20 bits per heavy atom. The highest BCUT2D eigenvalue weighted by Crippen LogP contribution is 2.31. The lowest BCUT2D eigenvalue weighted by molar-refractivity contribution is 0.440. The maximum absolute atomic E-state index is 14.0. The molecule has 0 aromatic heterocycles. The molecule has 0 aliphatic carbocycles. The van der Waals surface area contributed by atoms with Crippen LogP contribution in [0.15, 0.2) is 17.0 Å². The van der Waals surface area contributed by atoms with Gasteiger partial charge in [-0.3, -0.25) is 0 Å². The lowest BCUT2D eigenvalue weighted by Crippen LogP contribution is -2.29. The molecule has 7 heteroatoms. The van der Waals surface area contributed by atoms with Crippen molar-refractivity contribution in [3.63, 3.8) is 0 Å². The van der Waals surface area contributed by atoms with Crippen molar-refractivity contribution in [1.29, 1.82) is 0 Å². The molecule has 0 saturated carbocycles. The third kappa shape index (κ3) is 2.92. The van der Waals surface area contributed by atoms with E-state index in [1.54, 1.807) is 0 Å². The number of halogens is 2. The van der Waals surface area contributed by atoms with E-state index in [2.05, 4.69) is 6.92 Å². The number of nitrogens with two attached hydrogens (primary N) is 1. The zero-order valence-corrected chi connectivity index (χ0v) is 12.8. The minimum atomic E-state index is -3.87. The molecule has 1 aliphatic heterocycles. The largest absolute Gasteiger partial charge is 0.396 e. The summed E-state index contributed by atoms with van der Waals surface area (Å²) >= 11 is 5.78. The van der Waals surface area contributed by atoms with Crippen LogP contribution in [0.4, 0.5) is 10.1 Å². The van der Waals surface area contributed by atoms with Gasteiger partial charge in [-0.15, -0.1) is 0 Å². The summed E-state index contributed by atoms with van der Waals surface area (Å²) in [4.78, 5) is -0.431. The highest BCUT2D eigenvalue weighted by atomic mass is 35.5. The maximum Gasteiger partial charge on any atom is 0.246 e. The molecule has 20 heavy (non-hydrogen) atoms. The van der Waals surface area contributed by atoms with Gasteiger partial charge < -0.3 is 5.73 Å². The van der Waals surface area contributed by atoms with Crippen LogP contribution in [0.3, 0.4) is 0 Å². The molecule has 2 N–H and O–H groups in total. The van der Waals surface area contributed by atoms with Crippen LogP contribution < -0.4 is 5.73 Å². The molecule has 1 heterocycles. The molecule has 1 aromatic carbocycles. The summed E-state index contributed by atoms with van der Waals surface area (Å²) in [6, 6.07) is 2.33. The molecule has 112 valence electrons. The van der Waals surface area contributed by atoms with E-state index in [4.69, 9.17) is 17.3 Å². The minimum Gasteiger partial charge on any atom is -0.396 e. The molecule has 1 unspecified atom stereocenters. The Bertz CT molecular complexity index is 607. The van der Waals surface area contributed by atoms with Crippen molar-refractivity contribution in [2.45, 2.75) is 31.1 Å². The van der Waals surface area contributed by atoms with Crippen LogP contribution in [0.2, 0.25) is 5.02 Å². The van der Waals surface area contributed by atoms with Crippen molar-refractivity contribution in [1.82, 2.24) is 4.31 Å². The quantitative estimate of drug-likeness (QED) is 0.868. The highest BCUT2D eigenvalue weighted by molar-refractivity contribution is 7.89. The fraction of sp³-hybridized carbons (Fsp3) is 0.538. The first-order valence-electron chi connectivity index (χ1n) is 6.61. The van der Waals surface area contributed by atoms with E-state index in [1.165, 1.54) is 10.4 Å². The summed E-state index contributed by atoms with van der Waals surface area (Å²) in [5.74, 6) is -0.581. The molecular formula is C13H18ClFN2O2S. The fourth-order valence-electron chi connectivity index (χ4n) is 2.57. The predicted octanol–water partition coefficient (Wildman–Crippen LogP) is 2.87. The van der Waals surface area contributed by atoms with Crippen LogP contribution in [-0.2, 0) is 10.0 Å². The van der Waals surface area contributed by atoms with E-state index < -0.39 is 20.7 Å². The molecule has 0 bridgehead atoms. The van der Waals surface area contributed by atoms with Crippen LogP contribution in [0, 0.1) is 11.7 Å². The van der Waals surface area contributed by atoms with Crippen LogP contribution in [0.25, 0.3) is 0 Å². The number of rotatable bonds is 4. The molecule has 4 nitrogen and oxygen atoms in total. The monoisotopic (exact) mass is 320 g/mol. The van der Waals surface area contributed by atoms with Gasteiger partial charge in [0.05, 0.1) is 5.69 Å². The second-order valence-corrected chi connectivity index (χ2v) is 7.46. The summed E-state index contributed by atoms with van der Waals surface area (Å²) in [5.41, 5.74) is 5.20. The number of hydrogen-bond acceptors (Lipinski definition) is 3. The summed E-state index contributed by atoms with van der Waals surface area (Å²) in [5, 5.41) is 0.117. The van der Waals surface area contributed by atoms with E-state index in [9.17, 15) is 12.8 Å². The Balaban J connectivity index is 2.32. The van der Waals surface area contributed by atoms with Gasteiger partial charge in [-0.1, -0.05) is 24.9 Å². The molecule has 1 atom stereocenters. The number of nitrogens with zero attached hydrogens (tertiary/aromatic N) is 1. The van der Waals surface area contributed by atoms with Gasteiger partial charge in [0.1, 0.15) is 4.90 Å². The molecule has 1 aliphatic rings. The van der Waals surface area contributed by atoms with Gasteiger partial charge in [0.25, 0.3) is 0 Å². The van der Waals surface area contributed by atoms with Gasteiger partial charge >= 0.3 is 0 Å². The van der Waals surface area contributed by atoms with Crippen molar-refractivity contribution in [3.05, 3.63) is 23.0 Å². The van der Waals surface area contributed by atoms with Gasteiger partial charge in [0.2, 0.25) is 10.0 Å². The number of nitrogen functional groups attached to an aromatic ring is 1. The summed E-state index contributed by atoms with van der Waals surface area (Å²) in [7, 11) is -3.87. The average molecular weight is 321 g/mol. The molecule has 0 radical (unpaired) electrons. The number of anilines is 1. The molecule has 1 fully saturated rings. The summed E-state index contributed by atoms with van der Waals surface area (Å²) in [6.45, 7) is 2.91. The second kappa shape index (κ2) is 5.87. The van der Waals surface area contributed by atoms with Crippen molar-refractivity contribution < 1.29 is 12.8 Å². The van der Waals surface area contributed by atoms with Gasteiger partial charge in [-0.05, 0) is 30.9 Å². The van der Waals surface area contributed by atoms with Crippen LogP contribution in [0.1, 0.15) is 26.2 Å². The van der Waals surface area contributed by atoms with Crippen molar-refractivity contribution in [2.75, 3.05) is 18.8 Å². The third-order valence-electron chi connectivity index (χ3n) is 3.60. The first-order chi connectivity index (χ1) is 9.36. The van der Waals surface area contributed by atoms with Crippen molar-refractivity contribution in [3.8, 4) is 0 Å². The fourth-order valence-corrected chi connectivity index (χ4v) is 4.51. The lowest BCUT2D eigenvalue weighted by Gasteiger charge is -2.17. The molecular weight excluding hydrogens is 303 g/mol. The first-order valence-corrected chi connectivity index (χ1v) is 8.42. The Hall–Kier alpha value is -0.850. The maximum atomic E-state index is 14.0. The van der Waals surface area contributed by atoms with Gasteiger partial charge in [-0.2, -0.15) is 4.31 Å². The summed E-state index contributed by atoms with van der Waals surface area (Å²) in [6.07, 6.45) is 2.80. The van der Waals surface area contributed by atoms with Crippen LogP contribution >= 0.6 is 11.6 Å². The summed E-state index contributed by atoms with van der Waals surface area (Å²) < 4.78 is 40.3. The lowest BCUT2D eigenvalue weighted by atomic mass is 10.0. The topological polar surface area (TPSA) is 63.4 Å². The molecule has 2 rings (SSSR count). The van der Waals surface area contributed by atoms with Crippen LogP contribution in [0.5, 0.6) is 0 Å². The normalized spacial score (nSPS) is 20.4. The van der Waals surface area contributed by atoms with Gasteiger partial charge in [0.15, 0.2) is 5.82 Å². The Labute approximate surface area is 123 Å². The number of benzene rings is 1. The van der Waals surface area contributed by atoms with Crippen molar-refractivity contribution in [2.24, 2.45) is 5.92 Å². The SMILES string of the molecule is CCCC1CCN(S(=O)(=O)c2cc(Cl)cc(N)c2F)C1. The molecule has 0 amide bonds. The van der Waals surface area contributed by atoms with E-state index >= 15 is 0 Å². The molecule has 0 spiro atoms. The number of sulfonamides is 1. The Morgan fingerprint density at radius 3 is 2.85 bits per heavy atom. The highest BCUT2D eigenvalue weighted by Gasteiger charge is 2.34. The molecule has 1 saturated heterocycles. The van der Waals surface area contributed by atoms with Gasteiger partial charge in [0, 0.05) is 18.1 Å². The predicted molar refractivity (Wildman–Crippen MR) is 77.6 cm³/mol. The zero-order chi connectivity index (χ0) is 14.9. The van der Waals surface area contributed by atoms with Gasteiger partial charge in [-0.25, -0.2) is 12.8 Å². The third-order valence-corrected chi connectivity index (χ3v) is 5.68. The molecule has 1 aromatic rings. The van der Waals surface area contributed by atoms with E-state index in [-0.39, 0.29) is 10.7 Å². The second-order valence-electron chi connectivity index (χ2n) is 5.11. The van der Waals surface area contributed by atoms with Crippen molar-refractivity contribution >= 4 is 27.3 Å². The first kappa shape index (κ1) is 15.5. The van der Waals surface area contributed by atoms with E-state index in [0.29, 0.717) is 19.0 Å².